The van der Waals surface area contributed by atoms with E-state index < -0.39 is 30.1 Å². The molecule has 0 aromatic carbocycles. The molecule has 0 saturated heterocycles. The van der Waals surface area contributed by atoms with Crippen molar-refractivity contribution in [2.45, 2.75) is 42.9 Å². The van der Waals surface area contributed by atoms with E-state index in [1.165, 1.54) is 6.07 Å². The summed E-state index contributed by atoms with van der Waals surface area (Å²) in [5.41, 5.74) is -0.439. The molecule has 1 aromatic heterocycles. The van der Waals surface area contributed by atoms with Gasteiger partial charge in [0.1, 0.15) is 10.6 Å². The molecule has 102 valence electrons. The van der Waals surface area contributed by atoms with Gasteiger partial charge >= 0.3 is 5.97 Å². The molecule has 3 nitrogen and oxygen atoms in total. The molecule has 19 heavy (non-hydrogen) atoms. The predicted octanol–water partition coefficient (Wildman–Crippen LogP) is 3.36. The third-order valence-electron chi connectivity index (χ3n) is 3.89. The van der Waals surface area contributed by atoms with Gasteiger partial charge in [-0.3, -0.25) is 4.79 Å². The molecule has 2 saturated carbocycles. The normalized spacial score (nSPS) is 23.7. The van der Waals surface area contributed by atoms with Crippen LogP contribution in [-0.4, -0.2) is 22.0 Å². The average molecular weight is 288 g/mol. The molecule has 0 unspecified atom stereocenters. The van der Waals surface area contributed by atoms with E-state index in [-0.39, 0.29) is 5.15 Å². The number of aromatic nitrogens is 1. The second kappa shape index (κ2) is 3.88. The number of carboxylic acid groups (broad SMARTS) is 1. The first-order valence-electron chi connectivity index (χ1n) is 6.12. The van der Waals surface area contributed by atoms with Crippen LogP contribution in [0.1, 0.15) is 42.9 Å². The summed E-state index contributed by atoms with van der Waals surface area (Å²) in [6, 6.07) is 3.03. The Labute approximate surface area is 113 Å². The predicted molar refractivity (Wildman–Crippen MR) is 64.7 cm³/mol. The van der Waals surface area contributed by atoms with E-state index in [0.717, 1.165) is 18.5 Å². The van der Waals surface area contributed by atoms with Crippen molar-refractivity contribution in [3.8, 4) is 0 Å². The lowest BCUT2D eigenvalue weighted by Crippen LogP contribution is -2.54. The Morgan fingerprint density at radius 2 is 2.00 bits per heavy atom. The minimum Gasteiger partial charge on any atom is -0.481 e. The molecule has 2 fully saturated rings. The molecule has 0 aliphatic heterocycles. The van der Waals surface area contributed by atoms with Crippen LogP contribution in [0, 0.1) is 0 Å². The number of carboxylic acids is 1. The van der Waals surface area contributed by atoms with Gasteiger partial charge in [-0.25, -0.2) is 13.8 Å². The summed E-state index contributed by atoms with van der Waals surface area (Å²) in [6.07, 6.45) is 0.644. The lowest BCUT2D eigenvalue weighted by molar-refractivity contribution is -0.174. The van der Waals surface area contributed by atoms with Crippen molar-refractivity contribution in [3.05, 3.63) is 28.5 Å². The maximum Gasteiger partial charge on any atom is 0.314 e. The number of carbonyl (C=O) groups is 1. The summed E-state index contributed by atoms with van der Waals surface area (Å²) in [6.45, 7) is 0. The molecule has 6 heteroatoms. The monoisotopic (exact) mass is 287 g/mol. The van der Waals surface area contributed by atoms with Gasteiger partial charge in [-0.15, -0.1) is 0 Å². The van der Waals surface area contributed by atoms with E-state index >= 15 is 0 Å². The Hall–Kier alpha value is -1.23. The smallest absolute Gasteiger partial charge is 0.314 e. The van der Waals surface area contributed by atoms with Crippen LogP contribution < -0.4 is 0 Å². The fraction of sp³-hybridized carbons (Fsp3) is 0.538. The molecule has 0 spiro atoms. The van der Waals surface area contributed by atoms with Crippen LogP contribution in [0.25, 0.3) is 0 Å². The van der Waals surface area contributed by atoms with Crippen LogP contribution in [0.5, 0.6) is 0 Å². The van der Waals surface area contributed by atoms with Crippen molar-refractivity contribution in [2.75, 3.05) is 0 Å². The van der Waals surface area contributed by atoms with Gasteiger partial charge in [0.25, 0.3) is 5.92 Å². The molecule has 2 aliphatic rings. The topological polar surface area (TPSA) is 50.2 Å². The Balaban J connectivity index is 2.02. The summed E-state index contributed by atoms with van der Waals surface area (Å²) < 4.78 is 26.3. The number of halogens is 3. The summed E-state index contributed by atoms with van der Waals surface area (Å²) in [5.74, 6) is -3.83. The number of hydrogen-bond donors (Lipinski definition) is 1. The Kier molecular flexibility index (Phi) is 2.61. The summed E-state index contributed by atoms with van der Waals surface area (Å²) in [4.78, 5) is 15.6. The van der Waals surface area contributed by atoms with Crippen molar-refractivity contribution in [3.63, 3.8) is 0 Å². The Morgan fingerprint density at radius 3 is 2.47 bits per heavy atom. The molecule has 2 aliphatic carbocycles. The SMILES string of the molecule is O=C(O)C1(c2cc(Cl)nc(C3CC3)c2)CC(F)(F)C1. The van der Waals surface area contributed by atoms with Gasteiger partial charge in [-0.05, 0) is 30.5 Å². The molecule has 0 atom stereocenters. The van der Waals surface area contributed by atoms with E-state index in [1.54, 1.807) is 6.07 Å². The number of aliphatic carboxylic acids is 1. The molecule has 0 bridgehead atoms. The van der Waals surface area contributed by atoms with E-state index in [9.17, 15) is 18.7 Å². The van der Waals surface area contributed by atoms with Gasteiger partial charge in [-0.2, -0.15) is 0 Å². The highest BCUT2D eigenvalue weighted by Gasteiger charge is 2.62. The van der Waals surface area contributed by atoms with Gasteiger partial charge in [0.05, 0.1) is 0 Å². The Bertz CT molecular complexity index is 550. The Morgan fingerprint density at radius 1 is 1.37 bits per heavy atom. The van der Waals surface area contributed by atoms with Crippen LogP contribution >= 0.6 is 11.6 Å². The zero-order valence-corrected chi connectivity index (χ0v) is 10.8. The molecule has 1 N–H and O–H groups in total. The lowest BCUT2D eigenvalue weighted by Gasteiger charge is -2.44. The molecular formula is C13H12ClF2NO2. The molecule has 3 rings (SSSR count). The lowest BCUT2D eigenvalue weighted by atomic mass is 9.62. The minimum absolute atomic E-state index is 0.176. The first-order chi connectivity index (χ1) is 8.82. The van der Waals surface area contributed by atoms with E-state index in [2.05, 4.69) is 4.98 Å². The van der Waals surface area contributed by atoms with Crippen LogP contribution in [0.15, 0.2) is 12.1 Å². The minimum atomic E-state index is -2.91. The first-order valence-corrected chi connectivity index (χ1v) is 6.49. The number of pyridine rings is 1. The van der Waals surface area contributed by atoms with Gasteiger partial charge < -0.3 is 5.11 Å². The number of alkyl halides is 2. The third-order valence-corrected chi connectivity index (χ3v) is 4.09. The fourth-order valence-electron chi connectivity index (χ4n) is 2.69. The van der Waals surface area contributed by atoms with Crippen LogP contribution in [0.3, 0.4) is 0 Å². The van der Waals surface area contributed by atoms with Gasteiger partial charge in [-0.1, -0.05) is 11.6 Å². The van der Waals surface area contributed by atoms with Crippen LogP contribution in [0.2, 0.25) is 5.15 Å². The van der Waals surface area contributed by atoms with Gasteiger partial charge in [0.2, 0.25) is 0 Å². The zero-order valence-electron chi connectivity index (χ0n) is 10.00. The molecule has 1 aromatic rings. The van der Waals surface area contributed by atoms with E-state index in [4.69, 9.17) is 11.6 Å². The number of rotatable bonds is 3. The highest BCUT2D eigenvalue weighted by atomic mass is 35.5. The molecule has 0 radical (unpaired) electrons. The maximum atomic E-state index is 13.1. The van der Waals surface area contributed by atoms with Crippen LogP contribution in [-0.2, 0) is 10.2 Å². The fourth-order valence-corrected chi connectivity index (χ4v) is 2.91. The number of hydrogen-bond acceptors (Lipinski definition) is 2. The number of nitrogens with zero attached hydrogens (tertiary/aromatic N) is 1. The van der Waals surface area contributed by atoms with Crippen molar-refractivity contribution < 1.29 is 18.7 Å². The van der Waals surface area contributed by atoms with Crippen molar-refractivity contribution in [1.29, 1.82) is 0 Å². The standard InChI is InChI=1S/C13H12ClF2NO2/c14-10-4-8(3-9(17-10)7-1-2-7)12(11(18)19)5-13(15,16)6-12/h3-4,7H,1-2,5-6H2,(H,18,19). The third kappa shape index (κ3) is 2.10. The van der Waals surface area contributed by atoms with Gasteiger partial charge in [0, 0.05) is 24.5 Å². The van der Waals surface area contributed by atoms with E-state index in [0.29, 0.717) is 11.5 Å². The second-order valence-corrected chi connectivity index (χ2v) is 5.86. The summed E-state index contributed by atoms with van der Waals surface area (Å²) in [7, 11) is 0. The van der Waals surface area contributed by atoms with Crippen LogP contribution in [0.4, 0.5) is 8.78 Å². The average Bonchev–Trinajstić information content (AvgIpc) is 3.07. The summed E-state index contributed by atoms with van der Waals surface area (Å²) in [5, 5.41) is 9.48. The second-order valence-electron chi connectivity index (χ2n) is 5.47. The largest absolute Gasteiger partial charge is 0.481 e. The molecule has 0 amide bonds. The highest BCUT2D eigenvalue weighted by molar-refractivity contribution is 6.29. The summed E-state index contributed by atoms with van der Waals surface area (Å²) >= 11 is 5.89. The van der Waals surface area contributed by atoms with Gasteiger partial charge in [0.15, 0.2) is 0 Å². The van der Waals surface area contributed by atoms with Crippen molar-refractivity contribution in [2.24, 2.45) is 0 Å². The van der Waals surface area contributed by atoms with Crippen molar-refractivity contribution >= 4 is 17.6 Å². The zero-order chi connectivity index (χ0) is 13.8. The first kappa shape index (κ1) is 12.8. The molecule has 1 heterocycles. The highest BCUT2D eigenvalue weighted by Crippen LogP contribution is 2.54. The quantitative estimate of drug-likeness (QED) is 0.867. The van der Waals surface area contributed by atoms with E-state index in [1.807, 2.05) is 0 Å². The maximum absolute atomic E-state index is 13.1. The van der Waals surface area contributed by atoms with Crippen molar-refractivity contribution in [1.82, 2.24) is 4.98 Å². The molecular weight excluding hydrogens is 276 g/mol.